The van der Waals surface area contributed by atoms with Crippen LogP contribution in [-0.2, 0) is 0 Å². The lowest BCUT2D eigenvalue weighted by atomic mass is 10.0. The second-order valence-corrected chi connectivity index (χ2v) is 3.98. The number of alkyl halides is 3. The predicted octanol–water partition coefficient (Wildman–Crippen LogP) is 3.96. The molecular formula is C10H9ClF5N. The van der Waals surface area contributed by atoms with Gasteiger partial charge in [-0.15, -0.1) is 0 Å². The van der Waals surface area contributed by atoms with Gasteiger partial charge >= 0.3 is 6.18 Å². The minimum Gasteiger partial charge on any atom is -0.324 e. The molecule has 17 heavy (non-hydrogen) atoms. The second-order valence-electron chi connectivity index (χ2n) is 3.54. The average Bonchev–Trinajstić information content (AvgIpc) is 2.11. The Morgan fingerprint density at radius 3 is 2.06 bits per heavy atom. The van der Waals surface area contributed by atoms with Gasteiger partial charge in [-0.3, -0.25) is 0 Å². The van der Waals surface area contributed by atoms with Crippen molar-refractivity contribution in [1.29, 1.82) is 0 Å². The molecular weight excluding hydrogens is 265 g/mol. The van der Waals surface area contributed by atoms with E-state index in [2.05, 4.69) is 0 Å². The Morgan fingerprint density at radius 2 is 1.65 bits per heavy atom. The normalized spacial score (nSPS) is 13.8. The number of hydrogen-bond donors (Lipinski definition) is 1. The fourth-order valence-electron chi connectivity index (χ4n) is 1.37. The molecule has 0 amide bonds. The molecule has 0 fully saturated rings. The third-order valence-electron chi connectivity index (χ3n) is 2.15. The average molecular weight is 274 g/mol. The summed E-state index contributed by atoms with van der Waals surface area (Å²) in [7, 11) is 0. The number of rotatable bonds is 3. The van der Waals surface area contributed by atoms with Crippen LogP contribution in [0, 0.1) is 11.6 Å². The van der Waals surface area contributed by atoms with Crippen molar-refractivity contribution in [3.05, 3.63) is 34.4 Å². The maximum Gasteiger partial charge on any atom is 0.389 e. The zero-order chi connectivity index (χ0) is 13.2. The molecule has 0 saturated carbocycles. The van der Waals surface area contributed by atoms with Crippen molar-refractivity contribution in [2.45, 2.75) is 25.1 Å². The number of benzene rings is 1. The lowest BCUT2D eigenvalue weighted by Crippen LogP contribution is -2.18. The summed E-state index contributed by atoms with van der Waals surface area (Å²) in [5, 5.41) is -0.174. The minimum absolute atomic E-state index is 0.174. The lowest BCUT2D eigenvalue weighted by Gasteiger charge is -2.15. The van der Waals surface area contributed by atoms with Crippen molar-refractivity contribution in [2.24, 2.45) is 5.73 Å². The van der Waals surface area contributed by atoms with Gasteiger partial charge in [-0.2, -0.15) is 13.2 Å². The minimum atomic E-state index is -4.41. The van der Waals surface area contributed by atoms with Crippen LogP contribution < -0.4 is 5.73 Å². The Bertz CT molecular complexity index is 381. The summed E-state index contributed by atoms with van der Waals surface area (Å²) in [5.74, 6) is -2.07. The van der Waals surface area contributed by atoms with Crippen molar-refractivity contribution in [3.63, 3.8) is 0 Å². The SMILES string of the molecule is N[C@@H](CCC(F)(F)F)c1c(F)cc(Cl)cc1F. The maximum atomic E-state index is 13.3. The van der Waals surface area contributed by atoms with E-state index < -0.39 is 42.3 Å². The van der Waals surface area contributed by atoms with Gasteiger partial charge in [-0.25, -0.2) is 8.78 Å². The van der Waals surface area contributed by atoms with Crippen molar-refractivity contribution < 1.29 is 22.0 Å². The van der Waals surface area contributed by atoms with Crippen molar-refractivity contribution >= 4 is 11.6 Å². The van der Waals surface area contributed by atoms with E-state index in [-0.39, 0.29) is 5.02 Å². The fraction of sp³-hybridized carbons (Fsp3) is 0.400. The molecule has 1 rings (SSSR count). The first-order chi connectivity index (χ1) is 7.70. The second kappa shape index (κ2) is 5.18. The molecule has 1 atom stereocenters. The third kappa shape index (κ3) is 4.12. The summed E-state index contributed by atoms with van der Waals surface area (Å²) in [5.41, 5.74) is 4.76. The molecule has 0 aliphatic rings. The molecule has 1 aromatic carbocycles. The van der Waals surface area contributed by atoms with Crippen LogP contribution in [0.2, 0.25) is 5.02 Å². The molecule has 0 bridgehead atoms. The summed E-state index contributed by atoms with van der Waals surface area (Å²) >= 11 is 5.38. The lowest BCUT2D eigenvalue weighted by molar-refractivity contribution is -0.136. The van der Waals surface area contributed by atoms with Gasteiger partial charge in [0.15, 0.2) is 0 Å². The Morgan fingerprint density at radius 1 is 1.18 bits per heavy atom. The molecule has 0 aromatic heterocycles. The Balaban J connectivity index is 2.86. The van der Waals surface area contributed by atoms with Crippen LogP contribution in [-0.4, -0.2) is 6.18 Å². The Hall–Kier alpha value is -0.880. The van der Waals surface area contributed by atoms with Crippen molar-refractivity contribution in [1.82, 2.24) is 0 Å². The van der Waals surface area contributed by atoms with Gasteiger partial charge in [0, 0.05) is 23.0 Å². The highest BCUT2D eigenvalue weighted by atomic mass is 35.5. The molecule has 0 radical (unpaired) electrons. The van der Waals surface area contributed by atoms with E-state index in [0.29, 0.717) is 0 Å². The standard InChI is InChI=1S/C10H9ClF5N/c11-5-3-6(12)9(7(13)4-5)8(17)1-2-10(14,15)16/h3-4,8H,1-2,17H2/t8-/m0/s1. The van der Waals surface area contributed by atoms with Gasteiger partial charge in [-0.1, -0.05) is 11.6 Å². The van der Waals surface area contributed by atoms with Gasteiger partial charge in [0.25, 0.3) is 0 Å². The smallest absolute Gasteiger partial charge is 0.324 e. The molecule has 0 aliphatic carbocycles. The molecule has 1 nitrogen and oxygen atoms in total. The Labute approximate surface area is 99.4 Å². The highest BCUT2D eigenvalue weighted by Crippen LogP contribution is 2.29. The molecule has 0 spiro atoms. The van der Waals surface area contributed by atoms with Gasteiger partial charge in [0.2, 0.25) is 0 Å². The van der Waals surface area contributed by atoms with Crippen LogP contribution in [0.25, 0.3) is 0 Å². The topological polar surface area (TPSA) is 26.0 Å². The van der Waals surface area contributed by atoms with E-state index in [1.807, 2.05) is 0 Å². The van der Waals surface area contributed by atoms with E-state index in [4.69, 9.17) is 17.3 Å². The zero-order valence-corrected chi connectivity index (χ0v) is 9.25. The summed E-state index contributed by atoms with van der Waals surface area (Å²) in [4.78, 5) is 0. The molecule has 0 heterocycles. The van der Waals surface area contributed by atoms with Crippen molar-refractivity contribution in [2.75, 3.05) is 0 Å². The number of halogens is 6. The van der Waals surface area contributed by atoms with Gasteiger partial charge in [-0.05, 0) is 18.6 Å². The Kier molecular flexibility index (Phi) is 4.32. The maximum absolute atomic E-state index is 13.3. The van der Waals surface area contributed by atoms with E-state index in [0.717, 1.165) is 12.1 Å². The first-order valence-corrected chi connectivity index (χ1v) is 5.05. The van der Waals surface area contributed by atoms with Gasteiger partial charge in [0.1, 0.15) is 11.6 Å². The molecule has 0 saturated heterocycles. The van der Waals surface area contributed by atoms with Crippen LogP contribution in [0.5, 0.6) is 0 Å². The van der Waals surface area contributed by atoms with Gasteiger partial charge in [0.05, 0.1) is 0 Å². The molecule has 96 valence electrons. The summed E-state index contributed by atoms with van der Waals surface area (Å²) < 4.78 is 62.4. The third-order valence-corrected chi connectivity index (χ3v) is 2.37. The van der Waals surface area contributed by atoms with E-state index >= 15 is 0 Å². The van der Waals surface area contributed by atoms with E-state index in [1.54, 1.807) is 0 Å². The predicted molar refractivity (Wildman–Crippen MR) is 53.6 cm³/mol. The monoisotopic (exact) mass is 273 g/mol. The molecule has 1 aromatic rings. The molecule has 0 unspecified atom stereocenters. The highest BCUT2D eigenvalue weighted by molar-refractivity contribution is 6.30. The van der Waals surface area contributed by atoms with Crippen LogP contribution in [0.1, 0.15) is 24.4 Å². The van der Waals surface area contributed by atoms with Gasteiger partial charge < -0.3 is 5.73 Å². The van der Waals surface area contributed by atoms with Crippen LogP contribution in [0.15, 0.2) is 12.1 Å². The zero-order valence-electron chi connectivity index (χ0n) is 8.49. The summed E-state index contributed by atoms with van der Waals surface area (Å²) in [6.45, 7) is 0. The van der Waals surface area contributed by atoms with Crippen LogP contribution >= 0.6 is 11.6 Å². The fourth-order valence-corrected chi connectivity index (χ4v) is 1.56. The first kappa shape index (κ1) is 14.2. The van der Waals surface area contributed by atoms with Crippen molar-refractivity contribution in [3.8, 4) is 0 Å². The summed E-state index contributed by atoms with van der Waals surface area (Å²) in [6.07, 6.45) is -6.19. The molecule has 2 N–H and O–H groups in total. The van der Waals surface area contributed by atoms with Crippen LogP contribution in [0.4, 0.5) is 22.0 Å². The van der Waals surface area contributed by atoms with E-state index in [1.165, 1.54) is 0 Å². The highest BCUT2D eigenvalue weighted by Gasteiger charge is 2.29. The summed E-state index contributed by atoms with van der Waals surface area (Å²) in [6, 6.07) is 0.273. The quantitative estimate of drug-likeness (QED) is 0.829. The van der Waals surface area contributed by atoms with Crippen LogP contribution in [0.3, 0.4) is 0 Å². The molecule has 0 aliphatic heterocycles. The number of hydrogen-bond acceptors (Lipinski definition) is 1. The van der Waals surface area contributed by atoms with E-state index in [9.17, 15) is 22.0 Å². The number of nitrogens with two attached hydrogens (primary N) is 1. The largest absolute Gasteiger partial charge is 0.389 e. The molecule has 7 heteroatoms. The first-order valence-electron chi connectivity index (χ1n) is 4.67.